The van der Waals surface area contributed by atoms with Crippen LogP contribution in [-0.2, 0) is 6.42 Å². The van der Waals surface area contributed by atoms with Crippen molar-refractivity contribution in [3.8, 4) is 0 Å². The van der Waals surface area contributed by atoms with Gasteiger partial charge in [-0.25, -0.2) is 8.78 Å². The number of nitrogens with zero attached hydrogens (tertiary/aromatic N) is 1. The molecule has 2 rings (SSSR count). The van der Waals surface area contributed by atoms with Crippen molar-refractivity contribution in [1.82, 2.24) is 10.3 Å². The summed E-state index contributed by atoms with van der Waals surface area (Å²) in [4.78, 5) is 4.08. The van der Waals surface area contributed by atoms with E-state index in [1.807, 2.05) is 6.07 Å². The highest BCUT2D eigenvalue weighted by molar-refractivity contribution is 9.10. The van der Waals surface area contributed by atoms with Gasteiger partial charge < -0.3 is 5.32 Å². The Morgan fingerprint density at radius 2 is 1.84 bits per heavy atom. The molecule has 5 heteroatoms. The topological polar surface area (TPSA) is 24.9 Å². The number of rotatable bonds is 4. The van der Waals surface area contributed by atoms with Crippen molar-refractivity contribution in [3.63, 3.8) is 0 Å². The molecule has 1 unspecified atom stereocenters. The molecule has 2 aromatic rings. The van der Waals surface area contributed by atoms with Crippen molar-refractivity contribution >= 4 is 15.9 Å². The van der Waals surface area contributed by atoms with Crippen molar-refractivity contribution in [2.24, 2.45) is 0 Å². The van der Waals surface area contributed by atoms with Crippen molar-refractivity contribution < 1.29 is 8.78 Å². The molecule has 100 valence electrons. The van der Waals surface area contributed by atoms with E-state index >= 15 is 0 Å². The van der Waals surface area contributed by atoms with Gasteiger partial charge in [0.2, 0.25) is 0 Å². The minimum Gasteiger partial charge on any atom is -0.313 e. The lowest BCUT2D eigenvalue weighted by atomic mass is 10.00. The second kappa shape index (κ2) is 6.21. The first-order chi connectivity index (χ1) is 9.08. The van der Waals surface area contributed by atoms with Gasteiger partial charge in [0.25, 0.3) is 0 Å². The number of pyridine rings is 1. The third kappa shape index (κ3) is 3.81. The molecule has 2 nitrogen and oxygen atoms in total. The fraction of sp³-hybridized carbons (Fsp3) is 0.214. The van der Waals surface area contributed by atoms with Gasteiger partial charge in [0, 0.05) is 29.0 Å². The van der Waals surface area contributed by atoms with E-state index in [1.165, 1.54) is 12.1 Å². The Kier molecular flexibility index (Phi) is 4.61. The van der Waals surface area contributed by atoms with Crippen LogP contribution in [0.4, 0.5) is 8.78 Å². The summed E-state index contributed by atoms with van der Waals surface area (Å²) in [5, 5.41) is 3.06. The van der Waals surface area contributed by atoms with Crippen LogP contribution in [0.5, 0.6) is 0 Å². The number of nitrogens with one attached hydrogen (secondary N) is 1. The molecule has 0 saturated heterocycles. The molecule has 0 fully saturated rings. The van der Waals surface area contributed by atoms with Crippen LogP contribution in [-0.4, -0.2) is 12.0 Å². The first-order valence-electron chi connectivity index (χ1n) is 5.81. The fourth-order valence-electron chi connectivity index (χ4n) is 1.97. The van der Waals surface area contributed by atoms with E-state index in [4.69, 9.17) is 0 Å². The summed E-state index contributed by atoms with van der Waals surface area (Å²) in [6.45, 7) is 0. The van der Waals surface area contributed by atoms with Crippen LogP contribution < -0.4 is 5.32 Å². The molecule has 1 atom stereocenters. The van der Waals surface area contributed by atoms with Gasteiger partial charge in [-0.05, 0) is 58.7 Å². The van der Waals surface area contributed by atoms with E-state index in [0.717, 1.165) is 16.1 Å². The van der Waals surface area contributed by atoms with Gasteiger partial charge in [-0.2, -0.15) is 0 Å². The van der Waals surface area contributed by atoms with Gasteiger partial charge in [-0.3, -0.25) is 4.98 Å². The molecule has 0 bridgehead atoms. The summed E-state index contributed by atoms with van der Waals surface area (Å²) in [6.07, 6.45) is 4.04. The average Bonchev–Trinajstić information content (AvgIpc) is 2.34. The van der Waals surface area contributed by atoms with E-state index in [-0.39, 0.29) is 6.04 Å². The predicted molar refractivity (Wildman–Crippen MR) is 73.8 cm³/mol. The van der Waals surface area contributed by atoms with Crippen LogP contribution in [0.2, 0.25) is 0 Å². The first-order valence-corrected chi connectivity index (χ1v) is 6.60. The Labute approximate surface area is 119 Å². The van der Waals surface area contributed by atoms with Crippen molar-refractivity contribution in [1.29, 1.82) is 0 Å². The van der Waals surface area contributed by atoms with Crippen LogP contribution in [0.15, 0.2) is 41.1 Å². The molecule has 1 aromatic heterocycles. The molecule has 0 amide bonds. The van der Waals surface area contributed by atoms with Crippen LogP contribution in [0.25, 0.3) is 0 Å². The van der Waals surface area contributed by atoms with E-state index in [1.54, 1.807) is 19.4 Å². The van der Waals surface area contributed by atoms with Crippen LogP contribution in [0.3, 0.4) is 0 Å². The normalized spacial score (nSPS) is 12.4. The largest absolute Gasteiger partial charge is 0.313 e. The SMILES string of the molecule is CNC(Cc1cncc(Br)c1)c1cc(F)cc(F)c1. The number of hydrogen-bond acceptors (Lipinski definition) is 2. The summed E-state index contributed by atoms with van der Waals surface area (Å²) in [7, 11) is 1.76. The van der Waals surface area contributed by atoms with Crippen LogP contribution in [0, 0.1) is 11.6 Å². The zero-order chi connectivity index (χ0) is 13.8. The van der Waals surface area contributed by atoms with Crippen LogP contribution in [0.1, 0.15) is 17.2 Å². The third-order valence-electron chi connectivity index (χ3n) is 2.84. The lowest BCUT2D eigenvalue weighted by Crippen LogP contribution is -2.19. The summed E-state index contributed by atoms with van der Waals surface area (Å²) < 4.78 is 27.4. The highest BCUT2D eigenvalue weighted by atomic mass is 79.9. The lowest BCUT2D eigenvalue weighted by Gasteiger charge is -2.17. The number of likely N-dealkylation sites (N-methyl/N-ethyl adjacent to an activating group) is 1. The predicted octanol–water partition coefficient (Wildman–Crippen LogP) is 3.63. The fourth-order valence-corrected chi connectivity index (χ4v) is 2.38. The minimum atomic E-state index is -0.567. The molecule has 1 aromatic carbocycles. The Hall–Kier alpha value is -1.33. The second-order valence-electron chi connectivity index (χ2n) is 4.26. The maximum atomic E-state index is 13.2. The second-order valence-corrected chi connectivity index (χ2v) is 5.18. The Balaban J connectivity index is 2.24. The van der Waals surface area contributed by atoms with Gasteiger partial charge in [0.15, 0.2) is 0 Å². The number of halogens is 3. The summed E-state index contributed by atoms with van der Waals surface area (Å²) in [6, 6.07) is 5.33. The van der Waals surface area contributed by atoms with Crippen molar-refractivity contribution in [2.45, 2.75) is 12.5 Å². The third-order valence-corrected chi connectivity index (χ3v) is 3.27. The van der Waals surface area contributed by atoms with Crippen molar-refractivity contribution in [2.75, 3.05) is 7.05 Å². The van der Waals surface area contributed by atoms with Gasteiger partial charge in [0.1, 0.15) is 11.6 Å². The van der Waals surface area contributed by atoms with Gasteiger partial charge in [-0.15, -0.1) is 0 Å². The molecule has 0 radical (unpaired) electrons. The van der Waals surface area contributed by atoms with Gasteiger partial charge >= 0.3 is 0 Å². The quantitative estimate of drug-likeness (QED) is 0.928. The zero-order valence-corrected chi connectivity index (χ0v) is 11.9. The number of hydrogen-bond donors (Lipinski definition) is 1. The number of aromatic nitrogens is 1. The van der Waals surface area contributed by atoms with Gasteiger partial charge in [-0.1, -0.05) is 0 Å². The molecule has 19 heavy (non-hydrogen) atoms. The molecular weight excluding hydrogens is 314 g/mol. The van der Waals surface area contributed by atoms with E-state index < -0.39 is 11.6 Å². The molecule has 0 aliphatic carbocycles. The smallest absolute Gasteiger partial charge is 0.126 e. The summed E-state index contributed by atoms with van der Waals surface area (Å²) in [5.74, 6) is -1.13. The molecule has 1 N–H and O–H groups in total. The first kappa shape index (κ1) is 14.1. The maximum absolute atomic E-state index is 13.2. The van der Waals surface area contributed by atoms with Crippen LogP contribution >= 0.6 is 15.9 Å². The highest BCUT2D eigenvalue weighted by Crippen LogP contribution is 2.21. The molecule has 0 aliphatic rings. The van der Waals surface area contributed by atoms with E-state index in [9.17, 15) is 8.78 Å². The Morgan fingerprint density at radius 1 is 1.16 bits per heavy atom. The maximum Gasteiger partial charge on any atom is 0.126 e. The molecule has 0 spiro atoms. The number of benzene rings is 1. The molecule has 0 aliphatic heterocycles. The standard InChI is InChI=1S/C14H13BrF2N2/c1-18-14(3-9-2-11(15)8-19-7-9)10-4-12(16)6-13(17)5-10/h2,4-8,14,18H,3H2,1H3. The molecule has 1 heterocycles. The Bertz CT molecular complexity index is 555. The summed E-state index contributed by atoms with van der Waals surface area (Å²) in [5.41, 5.74) is 1.57. The van der Waals surface area contributed by atoms with Crippen molar-refractivity contribution in [3.05, 3.63) is 63.9 Å². The average molecular weight is 327 g/mol. The van der Waals surface area contributed by atoms with Gasteiger partial charge in [0.05, 0.1) is 0 Å². The lowest BCUT2D eigenvalue weighted by molar-refractivity contribution is 0.551. The van der Waals surface area contributed by atoms with E-state index in [2.05, 4.69) is 26.2 Å². The molecule has 0 saturated carbocycles. The highest BCUT2D eigenvalue weighted by Gasteiger charge is 2.13. The van der Waals surface area contributed by atoms with E-state index in [0.29, 0.717) is 12.0 Å². The zero-order valence-electron chi connectivity index (χ0n) is 10.3. The Morgan fingerprint density at radius 3 is 2.42 bits per heavy atom. The molecular formula is C14H13BrF2N2. The minimum absolute atomic E-state index is 0.165. The monoisotopic (exact) mass is 326 g/mol. The summed E-state index contributed by atoms with van der Waals surface area (Å²) >= 11 is 3.35.